The summed E-state index contributed by atoms with van der Waals surface area (Å²) in [5.41, 5.74) is 0. The Balaban J connectivity index is 1.53. The largest absolute Gasteiger partial charge is 0.381 e. The summed E-state index contributed by atoms with van der Waals surface area (Å²) in [4.78, 5) is 4.53. The Morgan fingerprint density at radius 3 is 2.50 bits per heavy atom. The van der Waals surface area contributed by atoms with E-state index in [4.69, 9.17) is 9.26 Å². The molecule has 0 atom stereocenters. The summed E-state index contributed by atoms with van der Waals surface area (Å²) in [5.74, 6) is 2.24. The monoisotopic (exact) mass is 329 g/mol. The lowest BCUT2D eigenvalue weighted by Crippen LogP contribution is -2.38. The first kappa shape index (κ1) is 15.9. The van der Waals surface area contributed by atoms with Gasteiger partial charge in [0.15, 0.2) is 5.82 Å². The summed E-state index contributed by atoms with van der Waals surface area (Å²) < 4.78 is 35.3. The van der Waals surface area contributed by atoms with Crippen LogP contribution in [0.4, 0.5) is 0 Å². The van der Waals surface area contributed by atoms with Gasteiger partial charge < -0.3 is 9.26 Å². The summed E-state index contributed by atoms with van der Waals surface area (Å²) in [5, 5.41) is 4.11. The Bertz CT molecular complexity index is 587. The van der Waals surface area contributed by atoms with Crippen LogP contribution in [0.2, 0.25) is 0 Å². The van der Waals surface area contributed by atoms with E-state index in [0.29, 0.717) is 30.8 Å². The molecule has 124 valence electrons. The molecule has 0 radical (unpaired) electrons. The molecule has 0 aliphatic carbocycles. The molecular weight excluding hydrogens is 306 g/mol. The molecule has 0 amide bonds. The quantitative estimate of drug-likeness (QED) is 0.824. The maximum Gasteiger partial charge on any atom is 0.226 e. The van der Waals surface area contributed by atoms with Crippen molar-refractivity contribution < 1.29 is 17.7 Å². The van der Waals surface area contributed by atoms with Crippen molar-refractivity contribution in [1.29, 1.82) is 0 Å². The summed E-state index contributed by atoms with van der Waals surface area (Å²) in [6, 6.07) is 0. The number of sulfonamides is 1. The Morgan fingerprint density at radius 1 is 1.18 bits per heavy atom. The smallest absolute Gasteiger partial charge is 0.226 e. The van der Waals surface area contributed by atoms with E-state index < -0.39 is 10.0 Å². The Kier molecular flexibility index (Phi) is 4.79. The predicted molar refractivity (Wildman–Crippen MR) is 79.9 cm³/mol. The van der Waals surface area contributed by atoms with Crippen molar-refractivity contribution in [3.05, 3.63) is 11.7 Å². The minimum Gasteiger partial charge on any atom is -0.381 e. The van der Waals surface area contributed by atoms with Gasteiger partial charge in [-0.2, -0.15) is 4.98 Å². The molecule has 3 heterocycles. The summed E-state index contributed by atoms with van der Waals surface area (Å²) in [6.07, 6.45) is 5.61. The molecule has 0 unspecified atom stereocenters. The third-order valence-electron chi connectivity index (χ3n) is 4.58. The van der Waals surface area contributed by atoms with Crippen molar-refractivity contribution in [2.75, 3.05) is 32.6 Å². The average Bonchev–Trinajstić information content (AvgIpc) is 2.96. The number of ether oxygens (including phenoxy) is 1. The number of piperidine rings is 1. The van der Waals surface area contributed by atoms with Gasteiger partial charge in [0.05, 0.1) is 6.26 Å². The van der Waals surface area contributed by atoms with Crippen LogP contribution in [0.3, 0.4) is 0 Å². The topological polar surface area (TPSA) is 85.5 Å². The molecule has 0 bridgehead atoms. The van der Waals surface area contributed by atoms with Gasteiger partial charge in [-0.05, 0) is 31.6 Å². The molecular formula is C14H23N3O4S. The molecule has 1 aromatic rings. The van der Waals surface area contributed by atoms with Crippen molar-refractivity contribution in [3.8, 4) is 0 Å². The first-order valence-corrected chi connectivity index (χ1v) is 9.72. The molecule has 0 spiro atoms. The van der Waals surface area contributed by atoms with Crippen LogP contribution in [0.15, 0.2) is 4.52 Å². The lowest BCUT2D eigenvalue weighted by molar-refractivity contribution is 0.0830. The van der Waals surface area contributed by atoms with Crippen molar-refractivity contribution in [2.24, 2.45) is 5.92 Å². The van der Waals surface area contributed by atoms with Crippen molar-refractivity contribution >= 4 is 10.0 Å². The molecule has 2 aliphatic rings. The fourth-order valence-electron chi connectivity index (χ4n) is 3.16. The van der Waals surface area contributed by atoms with Gasteiger partial charge in [-0.15, -0.1) is 0 Å². The highest BCUT2D eigenvalue weighted by atomic mass is 32.2. The fraction of sp³-hybridized carbons (Fsp3) is 0.857. The van der Waals surface area contributed by atoms with Crippen LogP contribution in [0.25, 0.3) is 0 Å². The Morgan fingerprint density at radius 2 is 1.86 bits per heavy atom. The van der Waals surface area contributed by atoms with E-state index in [0.717, 1.165) is 51.1 Å². The standard InChI is InChI=1S/C14H23N3O4S/c1-22(18,19)17-6-2-11(3-7-17)10-13-15-14(16-21-13)12-4-8-20-9-5-12/h11-12H,2-10H2,1H3. The van der Waals surface area contributed by atoms with E-state index in [1.54, 1.807) is 4.31 Å². The number of nitrogens with zero attached hydrogens (tertiary/aromatic N) is 3. The highest BCUT2D eigenvalue weighted by Crippen LogP contribution is 2.26. The first-order valence-electron chi connectivity index (χ1n) is 7.87. The molecule has 1 aromatic heterocycles. The predicted octanol–water partition coefficient (Wildman–Crippen LogP) is 1.18. The first-order chi connectivity index (χ1) is 10.5. The number of hydrogen-bond donors (Lipinski definition) is 0. The number of rotatable bonds is 4. The van der Waals surface area contributed by atoms with Gasteiger partial charge in [-0.25, -0.2) is 12.7 Å². The van der Waals surface area contributed by atoms with E-state index >= 15 is 0 Å². The molecule has 2 aliphatic heterocycles. The third kappa shape index (κ3) is 3.85. The number of aromatic nitrogens is 2. The van der Waals surface area contributed by atoms with Gasteiger partial charge in [0.1, 0.15) is 0 Å². The zero-order valence-electron chi connectivity index (χ0n) is 12.9. The van der Waals surface area contributed by atoms with Crippen molar-refractivity contribution in [1.82, 2.24) is 14.4 Å². The second kappa shape index (κ2) is 6.64. The fourth-order valence-corrected chi connectivity index (χ4v) is 4.04. The maximum absolute atomic E-state index is 11.5. The van der Waals surface area contributed by atoms with Crippen LogP contribution in [-0.2, 0) is 21.2 Å². The lowest BCUT2D eigenvalue weighted by Gasteiger charge is -2.29. The average molecular weight is 329 g/mol. The SMILES string of the molecule is CS(=O)(=O)N1CCC(Cc2nc(C3CCOCC3)no2)CC1. The molecule has 0 N–H and O–H groups in total. The summed E-state index contributed by atoms with van der Waals surface area (Å²) in [7, 11) is -3.06. The second-order valence-corrected chi connectivity index (χ2v) is 8.22. The van der Waals surface area contributed by atoms with Gasteiger partial charge in [-0.1, -0.05) is 5.16 Å². The molecule has 7 nitrogen and oxygen atoms in total. The van der Waals surface area contributed by atoms with Gasteiger partial charge in [0.2, 0.25) is 15.9 Å². The Labute approximate surface area is 131 Å². The number of hydrogen-bond acceptors (Lipinski definition) is 6. The molecule has 0 saturated carbocycles. The van der Waals surface area contributed by atoms with Gasteiger partial charge in [-0.3, -0.25) is 0 Å². The highest BCUT2D eigenvalue weighted by molar-refractivity contribution is 7.88. The van der Waals surface area contributed by atoms with Gasteiger partial charge in [0, 0.05) is 38.6 Å². The molecule has 2 saturated heterocycles. The van der Waals surface area contributed by atoms with Gasteiger partial charge in [0.25, 0.3) is 0 Å². The van der Waals surface area contributed by atoms with E-state index in [9.17, 15) is 8.42 Å². The lowest BCUT2D eigenvalue weighted by atomic mass is 9.94. The summed E-state index contributed by atoms with van der Waals surface area (Å²) >= 11 is 0. The molecule has 22 heavy (non-hydrogen) atoms. The minimum absolute atomic E-state index is 0.346. The van der Waals surface area contributed by atoms with Crippen LogP contribution in [0, 0.1) is 5.92 Å². The second-order valence-electron chi connectivity index (χ2n) is 6.24. The van der Waals surface area contributed by atoms with Crippen molar-refractivity contribution in [3.63, 3.8) is 0 Å². The van der Waals surface area contributed by atoms with Crippen LogP contribution in [0.1, 0.15) is 43.3 Å². The van der Waals surface area contributed by atoms with Crippen LogP contribution in [-0.4, -0.2) is 55.4 Å². The van der Waals surface area contributed by atoms with Crippen LogP contribution >= 0.6 is 0 Å². The van der Waals surface area contributed by atoms with E-state index in [1.165, 1.54) is 6.26 Å². The highest BCUT2D eigenvalue weighted by Gasteiger charge is 2.27. The summed E-state index contributed by atoms with van der Waals surface area (Å²) in [6.45, 7) is 2.70. The van der Waals surface area contributed by atoms with E-state index in [2.05, 4.69) is 10.1 Å². The van der Waals surface area contributed by atoms with Crippen molar-refractivity contribution in [2.45, 2.75) is 38.0 Å². The minimum atomic E-state index is -3.06. The zero-order valence-corrected chi connectivity index (χ0v) is 13.7. The normalized spacial score (nSPS) is 23.0. The molecule has 0 aromatic carbocycles. The third-order valence-corrected chi connectivity index (χ3v) is 5.88. The molecule has 2 fully saturated rings. The van der Waals surface area contributed by atoms with Crippen LogP contribution in [0.5, 0.6) is 0 Å². The molecule has 3 rings (SSSR count). The van der Waals surface area contributed by atoms with Gasteiger partial charge >= 0.3 is 0 Å². The Hall–Kier alpha value is -0.990. The molecule has 8 heteroatoms. The zero-order chi connectivity index (χ0) is 15.6. The maximum atomic E-state index is 11.5. The van der Waals surface area contributed by atoms with E-state index in [-0.39, 0.29) is 0 Å². The van der Waals surface area contributed by atoms with E-state index in [1.807, 2.05) is 0 Å². The van der Waals surface area contributed by atoms with Crippen LogP contribution < -0.4 is 0 Å².